The molecule has 0 fully saturated rings. The van der Waals surface area contributed by atoms with Crippen molar-refractivity contribution in [3.8, 4) is 17.2 Å². The standard InChI is InChI=1S/C13H17ClO5/c1-5-19-13(15)11(14)8-6-9(16-2)12(18-4)10(7-8)17-3/h6-7,11H,5H2,1-4H3/t11-/m0/s1. The number of hydrogen-bond acceptors (Lipinski definition) is 5. The van der Waals surface area contributed by atoms with Crippen LogP contribution in [0.15, 0.2) is 12.1 Å². The molecule has 0 amide bonds. The fraction of sp³-hybridized carbons (Fsp3) is 0.462. The highest BCUT2D eigenvalue weighted by Crippen LogP contribution is 2.40. The van der Waals surface area contributed by atoms with E-state index in [1.807, 2.05) is 0 Å². The van der Waals surface area contributed by atoms with Crippen molar-refractivity contribution in [3.63, 3.8) is 0 Å². The highest BCUT2D eigenvalue weighted by molar-refractivity contribution is 6.30. The van der Waals surface area contributed by atoms with Gasteiger partial charge in [-0.25, -0.2) is 0 Å². The Morgan fingerprint density at radius 2 is 1.68 bits per heavy atom. The minimum Gasteiger partial charge on any atom is -0.493 e. The van der Waals surface area contributed by atoms with Gasteiger partial charge in [0.15, 0.2) is 16.9 Å². The molecule has 0 N–H and O–H groups in total. The lowest BCUT2D eigenvalue weighted by Gasteiger charge is -2.16. The molecule has 0 aromatic heterocycles. The summed E-state index contributed by atoms with van der Waals surface area (Å²) in [6, 6.07) is 3.24. The summed E-state index contributed by atoms with van der Waals surface area (Å²) in [6.07, 6.45) is 0. The number of rotatable bonds is 6. The van der Waals surface area contributed by atoms with Gasteiger partial charge in [0.1, 0.15) is 0 Å². The minimum absolute atomic E-state index is 0.270. The Hall–Kier alpha value is -1.62. The molecule has 0 aliphatic carbocycles. The number of halogens is 1. The molecular weight excluding hydrogens is 272 g/mol. The largest absolute Gasteiger partial charge is 0.493 e. The van der Waals surface area contributed by atoms with Gasteiger partial charge in [-0.1, -0.05) is 0 Å². The van der Waals surface area contributed by atoms with Crippen LogP contribution in [0.1, 0.15) is 17.9 Å². The second-order valence-corrected chi connectivity index (χ2v) is 4.01. The van der Waals surface area contributed by atoms with Gasteiger partial charge < -0.3 is 18.9 Å². The summed E-state index contributed by atoms with van der Waals surface area (Å²) >= 11 is 6.06. The second kappa shape index (κ2) is 7.09. The fourth-order valence-corrected chi connectivity index (χ4v) is 1.79. The molecule has 19 heavy (non-hydrogen) atoms. The number of carbonyl (C=O) groups excluding carboxylic acids is 1. The van der Waals surface area contributed by atoms with Crippen molar-refractivity contribution in [2.45, 2.75) is 12.3 Å². The van der Waals surface area contributed by atoms with E-state index in [0.717, 1.165) is 0 Å². The number of methoxy groups -OCH3 is 3. The van der Waals surface area contributed by atoms with Crippen LogP contribution in [-0.2, 0) is 9.53 Å². The van der Waals surface area contributed by atoms with Crippen molar-refractivity contribution in [2.24, 2.45) is 0 Å². The number of hydrogen-bond donors (Lipinski definition) is 0. The van der Waals surface area contributed by atoms with Crippen LogP contribution in [0.2, 0.25) is 0 Å². The molecule has 5 nitrogen and oxygen atoms in total. The Labute approximate surface area is 117 Å². The molecule has 0 unspecified atom stereocenters. The van der Waals surface area contributed by atoms with Crippen LogP contribution in [0.25, 0.3) is 0 Å². The van der Waals surface area contributed by atoms with Crippen LogP contribution in [0.5, 0.6) is 17.2 Å². The van der Waals surface area contributed by atoms with Crippen LogP contribution in [0.3, 0.4) is 0 Å². The lowest BCUT2D eigenvalue weighted by molar-refractivity contribution is -0.142. The molecule has 0 heterocycles. The number of alkyl halides is 1. The second-order valence-electron chi connectivity index (χ2n) is 3.57. The SMILES string of the molecule is CCOC(=O)[C@@H](Cl)c1cc(OC)c(OC)c(OC)c1. The molecule has 0 saturated heterocycles. The van der Waals surface area contributed by atoms with Crippen molar-refractivity contribution in [2.75, 3.05) is 27.9 Å². The first kappa shape index (κ1) is 15.4. The van der Waals surface area contributed by atoms with Crippen molar-refractivity contribution in [1.29, 1.82) is 0 Å². The van der Waals surface area contributed by atoms with E-state index < -0.39 is 11.3 Å². The Balaban J connectivity index is 3.18. The summed E-state index contributed by atoms with van der Waals surface area (Å²) < 4.78 is 20.5. The van der Waals surface area contributed by atoms with Gasteiger partial charge in [-0.3, -0.25) is 4.79 Å². The molecule has 1 atom stereocenters. The number of carbonyl (C=O) groups is 1. The van der Waals surface area contributed by atoms with Crippen LogP contribution in [-0.4, -0.2) is 33.9 Å². The number of benzene rings is 1. The van der Waals surface area contributed by atoms with E-state index in [4.69, 9.17) is 30.5 Å². The summed E-state index contributed by atoms with van der Waals surface area (Å²) in [7, 11) is 4.49. The Morgan fingerprint density at radius 1 is 1.16 bits per heavy atom. The molecule has 0 aliphatic heterocycles. The molecule has 0 radical (unpaired) electrons. The molecular formula is C13H17ClO5. The van der Waals surface area contributed by atoms with Crippen LogP contribution in [0, 0.1) is 0 Å². The average Bonchev–Trinajstić information content (AvgIpc) is 2.44. The molecule has 0 aliphatic rings. The Bertz CT molecular complexity index is 422. The van der Waals surface area contributed by atoms with Gasteiger partial charge in [0.05, 0.1) is 27.9 Å². The molecule has 106 valence electrons. The third kappa shape index (κ3) is 3.44. The third-order valence-electron chi connectivity index (χ3n) is 2.47. The van der Waals surface area contributed by atoms with Crippen molar-refractivity contribution >= 4 is 17.6 Å². The lowest BCUT2D eigenvalue weighted by Crippen LogP contribution is -2.11. The zero-order chi connectivity index (χ0) is 14.4. The van der Waals surface area contributed by atoms with E-state index in [2.05, 4.69) is 0 Å². The average molecular weight is 289 g/mol. The summed E-state index contributed by atoms with van der Waals surface area (Å²) in [5, 5.41) is -0.923. The van der Waals surface area contributed by atoms with Crippen molar-refractivity contribution < 1.29 is 23.7 Å². The van der Waals surface area contributed by atoms with Gasteiger partial charge >= 0.3 is 5.97 Å². The molecule has 1 aromatic rings. The molecule has 6 heteroatoms. The summed E-state index contributed by atoms with van der Waals surface area (Å²) in [6.45, 7) is 1.99. The van der Waals surface area contributed by atoms with E-state index in [-0.39, 0.29) is 6.61 Å². The first-order valence-corrected chi connectivity index (χ1v) is 6.13. The smallest absolute Gasteiger partial charge is 0.328 e. The van der Waals surface area contributed by atoms with Gasteiger partial charge in [0.2, 0.25) is 5.75 Å². The van der Waals surface area contributed by atoms with E-state index in [1.54, 1.807) is 19.1 Å². The van der Waals surface area contributed by atoms with Gasteiger partial charge in [0.25, 0.3) is 0 Å². The lowest BCUT2D eigenvalue weighted by atomic mass is 10.1. The Morgan fingerprint density at radius 3 is 2.05 bits per heavy atom. The van der Waals surface area contributed by atoms with Crippen LogP contribution in [0.4, 0.5) is 0 Å². The number of esters is 1. The zero-order valence-corrected chi connectivity index (χ0v) is 12.1. The van der Waals surface area contributed by atoms with E-state index in [9.17, 15) is 4.79 Å². The van der Waals surface area contributed by atoms with E-state index >= 15 is 0 Å². The highest BCUT2D eigenvalue weighted by atomic mass is 35.5. The van der Waals surface area contributed by atoms with Crippen molar-refractivity contribution in [3.05, 3.63) is 17.7 Å². The Kier molecular flexibility index (Phi) is 5.76. The summed E-state index contributed by atoms with van der Waals surface area (Å²) in [4.78, 5) is 11.6. The normalized spacial score (nSPS) is 11.6. The van der Waals surface area contributed by atoms with Gasteiger partial charge in [-0.05, 0) is 24.6 Å². The number of ether oxygens (including phenoxy) is 4. The fourth-order valence-electron chi connectivity index (χ4n) is 1.60. The maximum absolute atomic E-state index is 11.6. The highest BCUT2D eigenvalue weighted by Gasteiger charge is 2.23. The topological polar surface area (TPSA) is 54.0 Å². The van der Waals surface area contributed by atoms with Crippen LogP contribution < -0.4 is 14.2 Å². The maximum atomic E-state index is 11.6. The van der Waals surface area contributed by atoms with Gasteiger partial charge in [-0.2, -0.15) is 0 Å². The molecule has 0 saturated carbocycles. The monoisotopic (exact) mass is 288 g/mol. The van der Waals surface area contributed by atoms with Gasteiger partial charge in [0, 0.05) is 0 Å². The quantitative estimate of drug-likeness (QED) is 0.595. The first-order valence-electron chi connectivity index (χ1n) is 5.69. The van der Waals surface area contributed by atoms with E-state index in [0.29, 0.717) is 22.8 Å². The molecule has 1 rings (SSSR count). The predicted octanol–water partition coefficient (Wildman–Crippen LogP) is 2.56. The molecule has 1 aromatic carbocycles. The summed E-state index contributed by atoms with van der Waals surface area (Å²) in [5.41, 5.74) is 0.523. The minimum atomic E-state index is -0.923. The predicted molar refractivity (Wildman–Crippen MR) is 71.3 cm³/mol. The first-order chi connectivity index (χ1) is 9.08. The molecule has 0 bridgehead atoms. The van der Waals surface area contributed by atoms with E-state index in [1.165, 1.54) is 21.3 Å². The zero-order valence-electron chi connectivity index (χ0n) is 11.4. The van der Waals surface area contributed by atoms with Crippen LogP contribution >= 0.6 is 11.6 Å². The third-order valence-corrected chi connectivity index (χ3v) is 2.90. The van der Waals surface area contributed by atoms with Gasteiger partial charge in [-0.15, -0.1) is 11.6 Å². The molecule has 0 spiro atoms. The maximum Gasteiger partial charge on any atom is 0.328 e. The summed E-state index contributed by atoms with van der Waals surface area (Å²) in [5.74, 6) is 0.804. The van der Waals surface area contributed by atoms with Crippen molar-refractivity contribution in [1.82, 2.24) is 0 Å².